The Morgan fingerprint density at radius 3 is 2.58 bits per heavy atom. The minimum atomic E-state index is 0.162. The molecule has 0 spiro atoms. The van der Waals surface area contributed by atoms with E-state index in [1.54, 1.807) is 18.2 Å². The van der Waals surface area contributed by atoms with E-state index in [0.29, 0.717) is 21.8 Å². The number of nitrogens with zero attached hydrogens (tertiary/aromatic N) is 2. The highest BCUT2D eigenvalue weighted by atomic mass is 79.9. The third-order valence-electron chi connectivity index (χ3n) is 2.48. The van der Waals surface area contributed by atoms with Gasteiger partial charge in [-0.3, -0.25) is 0 Å². The molecular formula is C13H11BrCl2N2O. The van der Waals surface area contributed by atoms with Gasteiger partial charge in [0, 0.05) is 5.02 Å². The van der Waals surface area contributed by atoms with Crippen LogP contribution in [0.5, 0.6) is 11.6 Å². The van der Waals surface area contributed by atoms with Crippen molar-refractivity contribution < 1.29 is 4.74 Å². The van der Waals surface area contributed by atoms with Gasteiger partial charge in [0.2, 0.25) is 5.88 Å². The maximum absolute atomic E-state index is 6.09. The second-order valence-electron chi connectivity index (χ2n) is 4.21. The Labute approximate surface area is 130 Å². The first kappa shape index (κ1) is 14.6. The maximum Gasteiger partial charge on any atom is 0.227 e. The Hall–Kier alpha value is -0.840. The molecule has 1 heterocycles. The van der Waals surface area contributed by atoms with Crippen LogP contribution in [0.2, 0.25) is 10.2 Å². The van der Waals surface area contributed by atoms with Gasteiger partial charge in [-0.1, -0.05) is 37.0 Å². The van der Waals surface area contributed by atoms with Crippen LogP contribution in [0.3, 0.4) is 0 Å². The van der Waals surface area contributed by atoms with Crippen LogP contribution < -0.4 is 4.74 Å². The zero-order valence-corrected chi connectivity index (χ0v) is 13.4. The highest BCUT2D eigenvalue weighted by molar-refractivity contribution is 9.10. The molecule has 0 amide bonds. The predicted octanol–water partition coefficient (Wildman–Crippen LogP) is 5.46. The molecule has 2 rings (SSSR count). The molecule has 0 aliphatic rings. The number of hydrogen-bond donors (Lipinski definition) is 0. The molecule has 0 unspecified atom stereocenters. The van der Waals surface area contributed by atoms with E-state index in [9.17, 15) is 0 Å². The van der Waals surface area contributed by atoms with E-state index in [1.807, 2.05) is 13.8 Å². The van der Waals surface area contributed by atoms with Gasteiger partial charge in [-0.2, -0.15) is 0 Å². The van der Waals surface area contributed by atoms with Crippen LogP contribution in [0.1, 0.15) is 25.3 Å². The summed E-state index contributed by atoms with van der Waals surface area (Å²) in [6.45, 7) is 4.02. The Kier molecular flexibility index (Phi) is 4.66. The Bertz CT molecular complexity index is 605. The molecule has 3 nitrogen and oxygen atoms in total. The summed E-state index contributed by atoms with van der Waals surface area (Å²) >= 11 is 15.4. The molecule has 0 aliphatic heterocycles. The van der Waals surface area contributed by atoms with Crippen LogP contribution in [-0.2, 0) is 0 Å². The largest absolute Gasteiger partial charge is 0.437 e. The molecule has 6 heteroatoms. The van der Waals surface area contributed by atoms with Gasteiger partial charge in [0.05, 0.1) is 10.0 Å². The van der Waals surface area contributed by atoms with Crippen molar-refractivity contribution in [1.82, 2.24) is 9.97 Å². The molecule has 0 radical (unpaired) electrons. The van der Waals surface area contributed by atoms with Crippen molar-refractivity contribution in [2.75, 3.05) is 0 Å². The van der Waals surface area contributed by atoms with Crippen molar-refractivity contribution in [2.24, 2.45) is 0 Å². The summed E-state index contributed by atoms with van der Waals surface area (Å²) in [6, 6.07) is 5.28. The van der Waals surface area contributed by atoms with Crippen LogP contribution in [0.25, 0.3) is 0 Å². The summed E-state index contributed by atoms with van der Waals surface area (Å²) in [5.74, 6) is 1.24. The number of hydrogen-bond acceptors (Lipinski definition) is 3. The molecule has 0 saturated heterocycles. The van der Waals surface area contributed by atoms with Gasteiger partial charge in [0.15, 0.2) is 0 Å². The molecule has 0 N–H and O–H groups in total. The van der Waals surface area contributed by atoms with Gasteiger partial charge in [-0.05, 0) is 40.0 Å². The first-order valence-corrected chi connectivity index (χ1v) is 7.17. The standard InChI is InChI=1S/C13H11BrCl2N2O/c1-7(2)11-12(16)17-6-18-13(11)19-10-4-3-8(15)5-9(10)14/h3-7H,1-2H3. The molecule has 0 atom stereocenters. The van der Waals surface area contributed by atoms with Crippen LogP contribution in [-0.4, -0.2) is 9.97 Å². The SMILES string of the molecule is CC(C)c1c(Cl)ncnc1Oc1ccc(Cl)cc1Br. The molecule has 2 aromatic rings. The number of aromatic nitrogens is 2. The van der Waals surface area contributed by atoms with Gasteiger partial charge in [-0.15, -0.1) is 0 Å². The normalized spacial score (nSPS) is 10.8. The highest BCUT2D eigenvalue weighted by Crippen LogP contribution is 2.36. The predicted molar refractivity (Wildman–Crippen MR) is 80.4 cm³/mol. The minimum absolute atomic E-state index is 0.162. The Morgan fingerprint density at radius 2 is 1.95 bits per heavy atom. The Morgan fingerprint density at radius 1 is 1.21 bits per heavy atom. The van der Waals surface area contributed by atoms with E-state index in [2.05, 4.69) is 25.9 Å². The topological polar surface area (TPSA) is 35.0 Å². The zero-order valence-electron chi connectivity index (χ0n) is 10.3. The number of halogens is 3. The van der Waals surface area contributed by atoms with E-state index in [1.165, 1.54) is 6.33 Å². The third kappa shape index (κ3) is 3.38. The van der Waals surface area contributed by atoms with Gasteiger partial charge in [-0.25, -0.2) is 9.97 Å². The number of rotatable bonds is 3. The van der Waals surface area contributed by atoms with Crippen molar-refractivity contribution >= 4 is 39.1 Å². The van der Waals surface area contributed by atoms with Crippen molar-refractivity contribution in [3.63, 3.8) is 0 Å². The van der Waals surface area contributed by atoms with Crippen LogP contribution >= 0.6 is 39.1 Å². The fraction of sp³-hybridized carbons (Fsp3) is 0.231. The van der Waals surface area contributed by atoms with Gasteiger partial charge in [0.25, 0.3) is 0 Å². The fourth-order valence-electron chi connectivity index (χ4n) is 1.59. The van der Waals surface area contributed by atoms with E-state index >= 15 is 0 Å². The molecule has 0 aliphatic carbocycles. The molecule has 100 valence electrons. The summed E-state index contributed by atoms with van der Waals surface area (Å²) in [4.78, 5) is 8.13. The maximum atomic E-state index is 6.09. The lowest BCUT2D eigenvalue weighted by molar-refractivity contribution is 0.448. The summed E-state index contributed by atoms with van der Waals surface area (Å²) in [7, 11) is 0. The van der Waals surface area contributed by atoms with Crippen molar-refractivity contribution in [1.29, 1.82) is 0 Å². The Balaban J connectivity index is 2.41. The van der Waals surface area contributed by atoms with Crippen molar-refractivity contribution in [3.8, 4) is 11.6 Å². The molecule has 19 heavy (non-hydrogen) atoms. The van der Waals surface area contributed by atoms with Gasteiger partial charge in [0.1, 0.15) is 17.2 Å². The highest BCUT2D eigenvalue weighted by Gasteiger charge is 2.16. The molecule has 0 saturated carbocycles. The second-order valence-corrected chi connectivity index (χ2v) is 5.86. The first-order chi connectivity index (χ1) is 8.99. The van der Waals surface area contributed by atoms with Crippen LogP contribution in [0.15, 0.2) is 29.0 Å². The summed E-state index contributed by atoms with van der Waals surface area (Å²) in [5, 5.41) is 1.04. The first-order valence-electron chi connectivity index (χ1n) is 5.62. The van der Waals surface area contributed by atoms with E-state index in [4.69, 9.17) is 27.9 Å². The van der Waals surface area contributed by atoms with Crippen LogP contribution in [0, 0.1) is 0 Å². The lowest BCUT2D eigenvalue weighted by atomic mass is 10.1. The average Bonchev–Trinajstić information content (AvgIpc) is 2.32. The number of ether oxygens (including phenoxy) is 1. The fourth-order valence-corrected chi connectivity index (χ4v) is 2.69. The summed E-state index contributed by atoms with van der Waals surface area (Å²) in [5.41, 5.74) is 0.783. The molecule has 1 aromatic heterocycles. The lowest BCUT2D eigenvalue weighted by Gasteiger charge is -2.14. The van der Waals surface area contributed by atoms with Gasteiger partial charge < -0.3 is 4.74 Å². The average molecular weight is 362 g/mol. The quantitative estimate of drug-likeness (QED) is 0.680. The molecule has 0 bridgehead atoms. The third-order valence-corrected chi connectivity index (χ3v) is 3.63. The lowest BCUT2D eigenvalue weighted by Crippen LogP contribution is -2.00. The van der Waals surface area contributed by atoms with Gasteiger partial charge >= 0.3 is 0 Å². The molecule has 0 fully saturated rings. The second kappa shape index (κ2) is 6.07. The zero-order chi connectivity index (χ0) is 14.0. The van der Waals surface area contributed by atoms with E-state index in [-0.39, 0.29) is 5.92 Å². The number of benzene rings is 1. The van der Waals surface area contributed by atoms with E-state index in [0.717, 1.165) is 10.0 Å². The van der Waals surface area contributed by atoms with Crippen molar-refractivity contribution in [2.45, 2.75) is 19.8 Å². The van der Waals surface area contributed by atoms with Crippen molar-refractivity contribution in [3.05, 3.63) is 44.7 Å². The summed E-state index contributed by atoms with van der Waals surface area (Å²) < 4.78 is 6.55. The smallest absolute Gasteiger partial charge is 0.227 e. The van der Waals surface area contributed by atoms with Crippen LogP contribution in [0.4, 0.5) is 0 Å². The minimum Gasteiger partial charge on any atom is -0.437 e. The summed E-state index contributed by atoms with van der Waals surface area (Å²) in [6.07, 6.45) is 1.38. The van der Waals surface area contributed by atoms with E-state index < -0.39 is 0 Å². The molecular weight excluding hydrogens is 351 g/mol. The molecule has 1 aromatic carbocycles. The monoisotopic (exact) mass is 360 g/mol.